The zero-order chi connectivity index (χ0) is 41.4. The Bertz CT molecular complexity index is 3870. The fourth-order valence-electron chi connectivity index (χ4n) is 10.0. The number of fused-ring (bicyclic) bond motifs is 9. The van der Waals surface area contributed by atoms with Gasteiger partial charge >= 0.3 is 0 Å². The summed E-state index contributed by atoms with van der Waals surface area (Å²) < 4.78 is 7.49. The van der Waals surface area contributed by atoms with Crippen LogP contribution in [0, 0.1) is 0 Å². The maximum Gasteiger partial charge on any atom is 0.0547 e. The van der Waals surface area contributed by atoms with E-state index >= 15 is 0 Å². The van der Waals surface area contributed by atoms with Gasteiger partial charge in [0.25, 0.3) is 0 Å². The summed E-state index contributed by atoms with van der Waals surface area (Å²) in [6.45, 7) is 0. The van der Waals surface area contributed by atoms with Crippen LogP contribution in [0.5, 0.6) is 0 Å². The van der Waals surface area contributed by atoms with Crippen LogP contribution in [0.2, 0.25) is 0 Å². The highest BCUT2D eigenvalue weighted by atomic mass is 32.1. The first kappa shape index (κ1) is 35.7. The molecule has 0 atom stereocenters. The van der Waals surface area contributed by atoms with Gasteiger partial charge in [0.15, 0.2) is 0 Å². The molecule has 0 saturated heterocycles. The number of nitrogens with zero attached hydrogens (tertiary/aromatic N) is 2. The molecule has 3 heteroatoms. The molecule has 2 nitrogen and oxygen atoms in total. The number of aromatic nitrogens is 2. The number of hydrogen-bond acceptors (Lipinski definition) is 1. The number of hydrogen-bond donors (Lipinski definition) is 0. The Labute approximate surface area is 368 Å². The van der Waals surface area contributed by atoms with E-state index in [1.807, 2.05) is 11.3 Å². The summed E-state index contributed by atoms with van der Waals surface area (Å²) in [5, 5.41) is 7.71. The third-order valence-electron chi connectivity index (χ3n) is 13.0. The lowest BCUT2D eigenvalue weighted by Crippen LogP contribution is -1.94. The van der Waals surface area contributed by atoms with Crippen molar-refractivity contribution in [1.29, 1.82) is 0 Å². The number of rotatable bonds is 6. The van der Waals surface area contributed by atoms with Gasteiger partial charge in [-0.3, -0.25) is 0 Å². The fraction of sp³-hybridized carbons (Fsp3) is 0. The predicted molar refractivity (Wildman–Crippen MR) is 270 cm³/mol. The minimum absolute atomic E-state index is 1.14. The molecule has 0 amide bonds. The molecule has 0 fully saturated rings. The quantitative estimate of drug-likeness (QED) is 0.158. The molecule has 63 heavy (non-hydrogen) atoms. The van der Waals surface area contributed by atoms with E-state index in [4.69, 9.17) is 0 Å². The van der Waals surface area contributed by atoms with Crippen LogP contribution in [-0.4, -0.2) is 9.13 Å². The van der Waals surface area contributed by atoms with Gasteiger partial charge in [-0.05, 0) is 105 Å². The Kier molecular flexibility index (Phi) is 8.12. The summed E-state index contributed by atoms with van der Waals surface area (Å²) in [6, 6.07) is 84.5. The summed E-state index contributed by atoms with van der Waals surface area (Å²) in [5.74, 6) is 0. The third-order valence-corrected chi connectivity index (χ3v) is 14.1. The van der Waals surface area contributed by atoms with E-state index in [0.717, 1.165) is 5.69 Å². The standard InChI is InChI=1S/C60H38N2S/c1-2-12-45(13-3-1)61-54-20-8-5-15-51(54)59-48(17-10-21-55(59)61)44-34-37-50-49-14-4-7-19-53(49)62(56(50)38-44)46-35-32-42(33-36-46)40-26-24-39(25-27-40)41-28-30-43(31-29-41)47-18-11-23-58-60(47)52-16-6-9-22-57(52)63-58/h1-38H. The normalized spacial score (nSPS) is 11.8. The van der Waals surface area contributed by atoms with Gasteiger partial charge in [0.05, 0.1) is 22.1 Å². The number of para-hydroxylation sites is 3. The second-order valence-electron chi connectivity index (χ2n) is 16.5. The molecule has 0 unspecified atom stereocenters. The molecule has 0 radical (unpaired) electrons. The van der Waals surface area contributed by atoms with Crippen LogP contribution in [0.1, 0.15) is 0 Å². The zero-order valence-corrected chi connectivity index (χ0v) is 35.1. The molecule has 0 spiro atoms. The maximum absolute atomic E-state index is 2.43. The van der Waals surface area contributed by atoms with Crippen molar-refractivity contribution >= 4 is 75.1 Å². The molecule has 0 bridgehead atoms. The summed E-state index contributed by atoms with van der Waals surface area (Å²) in [5.41, 5.74) is 16.9. The molecule has 13 aromatic rings. The van der Waals surface area contributed by atoms with Crippen molar-refractivity contribution in [1.82, 2.24) is 9.13 Å². The van der Waals surface area contributed by atoms with Gasteiger partial charge < -0.3 is 9.13 Å². The van der Waals surface area contributed by atoms with E-state index < -0.39 is 0 Å². The van der Waals surface area contributed by atoms with Crippen molar-refractivity contribution in [2.24, 2.45) is 0 Å². The van der Waals surface area contributed by atoms with Crippen molar-refractivity contribution < 1.29 is 0 Å². The molecule has 10 aromatic carbocycles. The highest BCUT2D eigenvalue weighted by Gasteiger charge is 2.19. The van der Waals surface area contributed by atoms with Gasteiger partial charge in [-0.1, -0.05) is 170 Å². The molecule has 0 aliphatic carbocycles. The van der Waals surface area contributed by atoms with Crippen LogP contribution in [0.25, 0.3) is 120 Å². The van der Waals surface area contributed by atoms with Gasteiger partial charge in [0.2, 0.25) is 0 Å². The summed E-state index contributed by atoms with van der Waals surface area (Å²) in [7, 11) is 0. The first-order chi connectivity index (χ1) is 31.2. The Morgan fingerprint density at radius 3 is 1.43 bits per heavy atom. The summed E-state index contributed by atoms with van der Waals surface area (Å²) in [4.78, 5) is 0. The third kappa shape index (κ3) is 5.71. The Morgan fingerprint density at radius 2 is 0.714 bits per heavy atom. The van der Waals surface area contributed by atoms with Gasteiger partial charge in [-0.25, -0.2) is 0 Å². The van der Waals surface area contributed by atoms with E-state index in [9.17, 15) is 0 Å². The van der Waals surface area contributed by atoms with Crippen LogP contribution in [0.15, 0.2) is 231 Å². The molecular formula is C60H38N2S. The topological polar surface area (TPSA) is 9.86 Å². The van der Waals surface area contributed by atoms with Crippen LogP contribution < -0.4 is 0 Å². The highest BCUT2D eigenvalue weighted by molar-refractivity contribution is 7.25. The highest BCUT2D eigenvalue weighted by Crippen LogP contribution is 2.43. The van der Waals surface area contributed by atoms with Crippen molar-refractivity contribution in [2.75, 3.05) is 0 Å². The van der Waals surface area contributed by atoms with E-state index in [-0.39, 0.29) is 0 Å². The molecule has 0 N–H and O–H groups in total. The maximum atomic E-state index is 2.43. The van der Waals surface area contributed by atoms with Crippen LogP contribution in [0.3, 0.4) is 0 Å². The van der Waals surface area contributed by atoms with E-state index in [2.05, 4.69) is 240 Å². The van der Waals surface area contributed by atoms with E-state index in [0.29, 0.717) is 0 Å². The van der Waals surface area contributed by atoms with Gasteiger partial charge in [0.1, 0.15) is 0 Å². The SMILES string of the molecule is c1ccc(-n2c3ccccc3c3c(-c4ccc5c6ccccc6n(-c6ccc(-c7ccc(-c8ccc(-c9cccc%10sc%11ccccc%11c9%10)cc8)cc7)cc6)c5c4)cccc32)cc1. The number of thiophene rings is 1. The first-order valence-corrected chi connectivity index (χ1v) is 22.4. The molecule has 294 valence electrons. The molecule has 3 heterocycles. The minimum Gasteiger partial charge on any atom is -0.309 e. The lowest BCUT2D eigenvalue weighted by Gasteiger charge is -2.12. The van der Waals surface area contributed by atoms with Gasteiger partial charge in [0, 0.05) is 53.1 Å². The minimum atomic E-state index is 1.14. The molecule has 3 aromatic heterocycles. The largest absolute Gasteiger partial charge is 0.309 e. The van der Waals surface area contributed by atoms with Gasteiger partial charge in [-0.15, -0.1) is 11.3 Å². The lowest BCUT2D eigenvalue weighted by molar-refractivity contribution is 1.18. The smallest absolute Gasteiger partial charge is 0.0547 e. The van der Waals surface area contributed by atoms with Crippen LogP contribution in [0.4, 0.5) is 0 Å². The Balaban J connectivity index is 0.844. The summed E-state index contributed by atoms with van der Waals surface area (Å²) >= 11 is 1.87. The van der Waals surface area contributed by atoms with Gasteiger partial charge in [-0.2, -0.15) is 0 Å². The monoisotopic (exact) mass is 818 g/mol. The van der Waals surface area contributed by atoms with Crippen molar-refractivity contribution in [3.63, 3.8) is 0 Å². The second kappa shape index (κ2) is 14.3. The average Bonchev–Trinajstić information content (AvgIpc) is 4.02. The van der Waals surface area contributed by atoms with E-state index in [1.54, 1.807) is 0 Å². The van der Waals surface area contributed by atoms with Crippen molar-refractivity contribution in [3.05, 3.63) is 231 Å². The van der Waals surface area contributed by atoms with Crippen molar-refractivity contribution in [3.8, 4) is 55.9 Å². The molecule has 0 aliphatic rings. The molecule has 0 saturated carbocycles. The zero-order valence-electron chi connectivity index (χ0n) is 34.2. The Hall–Kier alpha value is -7.98. The molecule has 13 rings (SSSR count). The first-order valence-electron chi connectivity index (χ1n) is 21.6. The van der Waals surface area contributed by atoms with Crippen molar-refractivity contribution in [2.45, 2.75) is 0 Å². The Morgan fingerprint density at radius 1 is 0.254 bits per heavy atom. The lowest BCUT2D eigenvalue weighted by atomic mass is 9.96. The van der Waals surface area contributed by atoms with Crippen LogP contribution in [-0.2, 0) is 0 Å². The number of benzene rings is 10. The molecular weight excluding hydrogens is 781 g/mol. The predicted octanol–water partition coefficient (Wildman–Crippen LogP) is 16.9. The fourth-order valence-corrected chi connectivity index (χ4v) is 11.2. The summed E-state index contributed by atoms with van der Waals surface area (Å²) in [6.07, 6.45) is 0. The second-order valence-corrected chi connectivity index (χ2v) is 17.5. The average molecular weight is 819 g/mol. The molecule has 0 aliphatic heterocycles. The van der Waals surface area contributed by atoms with Crippen LogP contribution >= 0.6 is 11.3 Å². The van der Waals surface area contributed by atoms with E-state index in [1.165, 1.54) is 114 Å².